The summed E-state index contributed by atoms with van der Waals surface area (Å²) < 4.78 is 0. The standard InChI is InChI=1S/C12H21N3S/c1-2-6-10-11(9-13)16-12(14-10)15-7-4-3-5-8-15/h2-9,13H2,1H3. The number of hydrogen-bond donors (Lipinski definition) is 1. The van der Waals surface area contributed by atoms with Crippen LogP contribution in [0.15, 0.2) is 0 Å². The topological polar surface area (TPSA) is 42.2 Å². The molecule has 16 heavy (non-hydrogen) atoms. The summed E-state index contributed by atoms with van der Waals surface area (Å²) in [6.07, 6.45) is 6.20. The molecule has 0 atom stereocenters. The second-order valence-electron chi connectivity index (χ2n) is 4.37. The van der Waals surface area contributed by atoms with E-state index >= 15 is 0 Å². The molecule has 0 spiro atoms. The van der Waals surface area contributed by atoms with E-state index in [1.54, 1.807) is 11.3 Å². The minimum atomic E-state index is 0.640. The van der Waals surface area contributed by atoms with Crippen molar-refractivity contribution in [1.29, 1.82) is 0 Å². The van der Waals surface area contributed by atoms with Crippen LogP contribution in [0.25, 0.3) is 0 Å². The highest BCUT2D eigenvalue weighted by molar-refractivity contribution is 7.15. The van der Waals surface area contributed by atoms with E-state index in [2.05, 4.69) is 11.8 Å². The highest BCUT2D eigenvalue weighted by atomic mass is 32.1. The van der Waals surface area contributed by atoms with Gasteiger partial charge in [-0.15, -0.1) is 11.3 Å². The Kier molecular flexibility index (Phi) is 4.18. The number of anilines is 1. The summed E-state index contributed by atoms with van der Waals surface area (Å²) in [6.45, 7) is 5.17. The molecule has 2 rings (SSSR count). The quantitative estimate of drug-likeness (QED) is 0.878. The third-order valence-electron chi connectivity index (χ3n) is 3.07. The highest BCUT2D eigenvalue weighted by Gasteiger charge is 2.16. The molecule has 2 heterocycles. The lowest BCUT2D eigenvalue weighted by atomic mass is 10.1. The summed E-state index contributed by atoms with van der Waals surface area (Å²) in [7, 11) is 0. The van der Waals surface area contributed by atoms with Crippen molar-refractivity contribution in [2.24, 2.45) is 5.73 Å². The summed E-state index contributed by atoms with van der Waals surface area (Å²) in [5, 5.41) is 1.20. The van der Waals surface area contributed by atoms with E-state index in [0.717, 1.165) is 12.8 Å². The molecule has 1 aromatic rings. The van der Waals surface area contributed by atoms with Gasteiger partial charge in [-0.2, -0.15) is 0 Å². The van der Waals surface area contributed by atoms with Crippen molar-refractivity contribution < 1.29 is 0 Å². The van der Waals surface area contributed by atoms with Crippen LogP contribution in [0.4, 0.5) is 5.13 Å². The van der Waals surface area contributed by atoms with Gasteiger partial charge in [0, 0.05) is 24.5 Å². The van der Waals surface area contributed by atoms with Crippen molar-refractivity contribution in [2.75, 3.05) is 18.0 Å². The van der Waals surface area contributed by atoms with Gasteiger partial charge in [-0.25, -0.2) is 4.98 Å². The van der Waals surface area contributed by atoms with E-state index in [-0.39, 0.29) is 0 Å². The Bertz CT molecular complexity index is 329. The maximum absolute atomic E-state index is 5.78. The molecule has 1 aromatic heterocycles. The van der Waals surface area contributed by atoms with Crippen LogP contribution in [0.5, 0.6) is 0 Å². The highest BCUT2D eigenvalue weighted by Crippen LogP contribution is 2.28. The smallest absolute Gasteiger partial charge is 0.185 e. The van der Waals surface area contributed by atoms with Crippen molar-refractivity contribution in [3.05, 3.63) is 10.6 Å². The van der Waals surface area contributed by atoms with Gasteiger partial charge in [0.05, 0.1) is 5.69 Å². The van der Waals surface area contributed by atoms with Crippen molar-refractivity contribution >= 4 is 16.5 Å². The number of aryl methyl sites for hydroxylation is 1. The van der Waals surface area contributed by atoms with Crippen molar-refractivity contribution in [1.82, 2.24) is 4.98 Å². The molecular weight excluding hydrogens is 218 g/mol. The normalized spacial score (nSPS) is 16.8. The van der Waals surface area contributed by atoms with E-state index in [9.17, 15) is 0 Å². The number of aromatic nitrogens is 1. The van der Waals surface area contributed by atoms with Gasteiger partial charge < -0.3 is 10.6 Å². The molecule has 0 unspecified atom stereocenters. The van der Waals surface area contributed by atoms with Crippen LogP contribution in [0, 0.1) is 0 Å². The van der Waals surface area contributed by atoms with Gasteiger partial charge in [-0.05, 0) is 25.7 Å². The van der Waals surface area contributed by atoms with Gasteiger partial charge in [0.2, 0.25) is 0 Å². The molecule has 0 amide bonds. The fraction of sp³-hybridized carbons (Fsp3) is 0.750. The number of hydrogen-bond acceptors (Lipinski definition) is 4. The largest absolute Gasteiger partial charge is 0.348 e. The number of nitrogens with two attached hydrogens (primary N) is 1. The molecule has 1 saturated heterocycles. The molecule has 3 nitrogen and oxygen atoms in total. The first-order valence-corrected chi connectivity index (χ1v) is 7.10. The maximum Gasteiger partial charge on any atom is 0.185 e. The summed E-state index contributed by atoms with van der Waals surface area (Å²) in [4.78, 5) is 8.46. The first-order valence-electron chi connectivity index (χ1n) is 6.28. The molecule has 4 heteroatoms. The van der Waals surface area contributed by atoms with E-state index in [0.29, 0.717) is 6.54 Å². The van der Waals surface area contributed by atoms with Crippen LogP contribution < -0.4 is 10.6 Å². The fourth-order valence-corrected chi connectivity index (χ4v) is 3.22. The average molecular weight is 239 g/mol. The Hall–Kier alpha value is -0.610. The SMILES string of the molecule is CCCc1nc(N2CCCCC2)sc1CN. The molecule has 0 aliphatic carbocycles. The first kappa shape index (κ1) is 11.9. The van der Waals surface area contributed by atoms with E-state index < -0.39 is 0 Å². The van der Waals surface area contributed by atoms with Crippen molar-refractivity contribution in [3.63, 3.8) is 0 Å². The van der Waals surface area contributed by atoms with E-state index in [1.165, 1.54) is 48.1 Å². The average Bonchev–Trinajstić information content (AvgIpc) is 2.74. The van der Waals surface area contributed by atoms with Gasteiger partial charge in [-0.1, -0.05) is 13.3 Å². The summed E-state index contributed by atoms with van der Waals surface area (Å²) >= 11 is 1.80. The molecule has 90 valence electrons. The zero-order chi connectivity index (χ0) is 11.4. The number of piperidine rings is 1. The van der Waals surface area contributed by atoms with Crippen LogP contribution in [0.1, 0.15) is 43.2 Å². The Morgan fingerprint density at radius 1 is 1.31 bits per heavy atom. The molecule has 0 aromatic carbocycles. The summed E-state index contributed by atoms with van der Waals surface area (Å²) in [5.41, 5.74) is 7.01. The van der Waals surface area contributed by atoms with Crippen LogP contribution >= 0.6 is 11.3 Å². The molecule has 0 radical (unpaired) electrons. The van der Waals surface area contributed by atoms with E-state index in [4.69, 9.17) is 10.7 Å². The lowest BCUT2D eigenvalue weighted by molar-refractivity contribution is 0.576. The Morgan fingerprint density at radius 3 is 2.69 bits per heavy atom. The number of thiazole rings is 1. The number of nitrogens with zero attached hydrogens (tertiary/aromatic N) is 2. The van der Waals surface area contributed by atoms with Gasteiger partial charge in [0.1, 0.15) is 0 Å². The molecule has 2 N–H and O–H groups in total. The lowest BCUT2D eigenvalue weighted by Gasteiger charge is -2.25. The fourth-order valence-electron chi connectivity index (χ4n) is 2.18. The summed E-state index contributed by atoms with van der Waals surface area (Å²) in [6, 6.07) is 0. The Balaban J connectivity index is 2.14. The van der Waals surface area contributed by atoms with Gasteiger partial charge >= 0.3 is 0 Å². The molecule has 1 aliphatic rings. The predicted molar refractivity (Wildman–Crippen MR) is 70.1 cm³/mol. The van der Waals surface area contributed by atoms with Crippen LogP contribution in [-0.2, 0) is 13.0 Å². The first-order chi connectivity index (χ1) is 7.85. The molecular formula is C12H21N3S. The molecule has 0 bridgehead atoms. The zero-order valence-corrected chi connectivity index (χ0v) is 10.9. The Morgan fingerprint density at radius 2 is 2.06 bits per heavy atom. The van der Waals surface area contributed by atoms with Gasteiger partial charge in [-0.3, -0.25) is 0 Å². The minimum absolute atomic E-state index is 0.640. The molecule has 1 fully saturated rings. The van der Waals surface area contributed by atoms with Gasteiger partial charge in [0.25, 0.3) is 0 Å². The van der Waals surface area contributed by atoms with Crippen LogP contribution in [-0.4, -0.2) is 18.1 Å². The lowest BCUT2D eigenvalue weighted by Crippen LogP contribution is -2.29. The predicted octanol–water partition coefficient (Wildman–Crippen LogP) is 2.54. The minimum Gasteiger partial charge on any atom is -0.348 e. The van der Waals surface area contributed by atoms with Crippen LogP contribution in [0.3, 0.4) is 0 Å². The second kappa shape index (κ2) is 5.64. The monoisotopic (exact) mass is 239 g/mol. The third kappa shape index (κ3) is 2.55. The number of rotatable bonds is 4. The zero-order valence-electron chi connectivity index (χ0n) is 10.0. The molecule has 0 saturated carbocycles. The third-order valence-corrected chi connectivity index (χ3v) is 4.25. The van der Waals surface area contributed by atoms with E-state index in [1.807, 2.05) is 0 Å². The van der Waals surface area contributed by atoms with Gasteiger partial charge in [0.15, 0.2) is 5.13 Å². The van der Waals surface area contributed by atoms with Crippen molar-refractivity contribution in [2.45, 2.75) is 45.6 Å². The van der Waals surface area contributed by atoms with Crippen LogP contribution in [0.2, 0.25) is 0 Å². The second-order valence-corrected chi connectivity index (χ2v) is 5.43. The van der Waals surface area contributed by atoms with Crippen molar-refractivity contribution in [3.8, 4) is 0 Å². The Labute approximate surface area is 102 Å². The summed E-state index contributed by atoms with van der Waals surface area (Å²) in [5.74, 6) is 0. The molecule has 1 aliphatic heterocycles. The maximum atomic E-state index is 5.78.